The molecule has 0 radical (unpaired) electrons. The number of ether oxygens (including phenoxy) is 1. The first-order valence-electron chi connectivity index (χ1n) is 11.6. The number of carbonyl (C=O) groups excluding carboxylic acids is 1. The predicted molar refractivity (Wildman–Crippen MR) is 131 cm³/mol. The average molecular weight is 427 g/mol. The summed E-state index contributed by atoms with van der Waals surface area (Å²) in [7, 11) is 1.74. The lowest BCUT2D eigenvalue weighted by Crippen LogP contribution is -2.32. The quantitative estimate of drug-likeness (QED) is 0.364. The van der Waals surface area contributed by atoms with Crippen LogP contribution in [-0.2, 0) is 0 Å². The second-order valence-electron chi connectivity index (χ2n) is 8.76. The Bertz CT molecular complexity index is 1180. The van der Waals surface area contributed by atoms with Crippen molar-refractivity contribution in [2.75, 3.05) is 19.0 Å². The number of methoxy groups -OCH3 is 1. The Morgan fingerprint density at radius 2 is 2.00 bits per heavy atom. The third kappa shape index (κ3) is 3.44. The van der Waals surface area contributed by atoms with E-state index in [1.165, 1.54) is 21.9 Å². The Labute approximate surface area is 189 Å². The molecule has 4 nitrogen and oxygen atoms in total. The maximum atomic E-state index is 13.1. The molecule has 5 rings (SSSR count). The zero-order chi connectivity index (χ0) is 22.1. The molecule has 3 atom stereocenters. The number of benzene rings is 3. The van der Waals surface area contributed by atoms with Gasteiger partial charge in [0.2, 0.25) is 0 Å². The van der Waals surface area contributed by atoms with Gasteiger partial charge < -0.3 is 15.4 Å². The SMILES string of the molecule is CCCCNC(=O)c1cccc2c1NC(c1c(OC)ccc3ccccc13)C1CC=CC21. The minimum atomic E-state index is -0.00754. The second kappa shape index (κ2) is 8.70. The minimum Gasteiger partial charge on any atom is -0.496 e. The third-order valence-corrected chi connectivity index (χ3v) is 6.92. The molecule has 1 aliphatic carbocycles. The van der Waals surface area contributed by atoms with Crippen LogP contribution >= 0.6 is 0 Å². The molecule has 0 saturated carbocycles. The number of anilines is 1. The topological polar surface area (TPSA) is 50.4 Å². The number of nitrogens with one attached hydrogen (secondary N) is 2. The molecular weight excluding hydrogens is 396 g/mol. The molecule has 1 heterocycles. The van der Waals surface area contributed by atoms with E-state index in [9.17, 15) is 4.79 Å². The summed E-state index contributed by atoms with van der Waals surface area (Å²) in [6.45, 7) is 2.83. The maximum absolute atomic E-state index is 13.1. The van der Waals surface area contributed by atoms with Gasteiger partial charge in [-0.1, -0.05) is 68.0 Å². The van der Waals surface area contributed by atoms with Gasteiger partial charge in [-0.05, 0) is 47.2 Å². The Balaban J connectivity index is 1.62. The van der Waals surface area contributed by atoms with Gasteiger partial charge in [-0.3, -0.25) is 4.79 Å². The smallest absolute Gasteiger partial charge is 0.253 e. The number of hydrogen-bond acceptors (Lipinski definition) is 3. The summed E-state index contributed by atoms with van der Waals surface area (Å²) in [4.78, 5) is 13.1. The molecule has 0 aromatic heterocycles. The molecule has 0 spiro atoms. The van der Waals surface area contributed by atoms with Crippen LogP contribution in [0, 0.1) is 5.92 Å². The molecule has 32 heavy (non-hydrogen) atoms. The van der Waals surface area contributed by atoms with Crippen LogP contribution in [0.1, 0.15) is 59.6 Å². The normalized spacial score (nSPS) is 21.0. The number of carbonyl (C=O) groups is 1. The summed E-state index contributed by atoms with van der Waals surface area (Å²) in [5, 5.41) is 9.30. The predicted octanol–water partition coefficient (Wildman–Crippen LogP) is 6.20. The van der Waals surface area contributed by atoms with Gasteiger partial charge in [-0.25, -0.2) is 0 Å². The summed E-state index contributed by atoms with van der Waals surface area (Å²) < 4.78 is 5.85. The highest BCUT2D eigenvalue weighted by Crippen LogP contribution is 2.53. The lowest BCUT2D eigenvalue weighted by molar-refractivity contribution is 0.0953. The number of fused-ring (bicyclic) bond motifs is 4. The monoisotopic (exact) mass is 426 g/mol. The minimum absolute atomic E-state index is 0.00754. The van der Waals surface area contributed by atoms with E-state index < -0.39 is 0 Å². The van der Waals surface area contributed by atoms with Crippen molar-refractivity contribution in [2.24, 2.45) is 5.92 Å². The van der Waals surface area contributed by atoms with Crippen LogP contribution in [0.25, 0.3) is 10.8 Å². The number of hydrogen-bond donors (Lipinski definition) is 2. The van der Waals surface area contributed by atoms with Crippen LogP contribution in [0.2, 0.25) is 0 Å². The van der Waals surface area contributed by atoms with Gasteiger partial charge in [0.1, 0.15) is 5.75 Å². The number of allylic oxidation sites excluding steroid dienone is 2. The molecule has 3 aromatic carbocycles. The summed E-state index contributed by atoms with van der Waals surface area (Å²) in [5.41, 5.74) is 4.06. The van der Waals surface area contributed by atoms with Crippen LogP contribution in [0.15, 0.2) is 66.7 Å². The zero-order valence-electron chi connectivity index (χ0n) is 18.7. The molecule has 2 aliphatic rings. The summed E-state index contributed by atoms with van der Waals surface area (Å²) >= 11 is 0. The molecule has 3 unspecified atom stereocenters. The van der Waals surface area contributed by atoms with Crippen LogP contribution in [-0.4, -0.2) is 19.6 Å². The van der Waals surface area contributed by atoms with Crippen molar-refractivity contribution in [3.63, 3.8) is 0 Å². The molecule has 4 heteroatoms. The molecule has 0 bridgehead atoms. The Hall–Kier alpha value is -3.27. The first-order chi connectivity index (χ1) is 15.7. The van der Waals surface area contributed by atoms with Crippen LogP contribution in [0.3, 0.4) is 0 Å². The number of unbranched alkanes of at least 4 members (excludes halogenated alkanes) is 1. The van der Waals surface area contributed by atoms with Gasteiger partial charge >= 0.3 is 0 Å². The Morgan fingerprint density at radius 3 is 2.84 bits per heavy atom. The van der Waals surface area contributed by atoms with Gasteiger partial charge in [0, 0.05) is 18.0 Å². The molecular formula is C28H30N2O2. The third-order valence-electron chi connectivity index (χ3n) is 6.92. The first-order valence-corrected chi connectivity index (χ1v) is 11.6. The fraction of sp³-hybridized carbons (Fsp3) is 0.321. The number of para-hydroxylation sites is 1. The highest BCUT2D eigenvalue weighted by Gasteiger charge is 2.40. The van der Waals surface area contributed by atoms with Gasteiger partial charge in [0.05, 0.1) is 24.4 Å². The van der Waals surface area contributed by atoms with Crippen LogP contribution in [0.4, 0.5) is 5.69 Å². The van der Waals surface area contributed by atoms with Crippen molar-refractivity contribution in [3.05, 3.63) is 83.4 Å². The van der Waals surface area contributed by atoms with E-state index in [0.717, 1.165) is 36.3 Å². The van der Waals surface area contributed by atoms with Crippen molar-refractivity contribution >= 4 is 22.4 Å². The number of rotatable bonds is 6. The van der Waals surface area contributed by atoms with E-state index in [2.05, 4.69) is 72.2 Å². The van der Waals surface area contributed by atoms with E-state index in [1.54, 1.807) is 7.11 Å². The van der Waals surface area contributed by atoms with Crippen molar-refractivity contribution in [2.45, 2.75) is 38.1 Å². The molecule has 164 valence electrons. The molecule has 0 fully saturated rings. The summed E-state index contributed by atoms with van der Waals surface area (Å²) in [6, 6.07) is 18.8. The first kappa shape index (κ1) is 20.6. The van der Waals surface area contributed by atoms with E-state index in [0.29, 0.717) is 12.5 Å². The van der Waals surface area contributed by atoms with Crippen molar-refractivity contribution < 1.29 is 9.53 Å². The highest BCUT2D eigenvalue weighted by molar-refractivity contribution is 6.01. The van der Waals surface area contributed by atoms with Crippen LogP contribution < -0.4 is 15.4 Å². The van der Waals surface area contributed by atoms with E-state index in [1.807, 2.05) is 12.1 Å². The van der Waals surface area contributed by atoms with Gasteiger partial charge in [-0.15, -0.1) is 0 Å². The fourth-order valence-electron chi connectivity index (χ4n) is 5.34. The lowest BCUT2D eigenvalue weighted by atomic mass is 9.75. The number of amides is 1. The van der Waals surface area contributed by atoms with E-state index in [4.69, 9.17) is 4.74 Å². The largest absolute Gasteiger partial charge is 0.496 e. The van der Waals surface area contributed by atoms with Crippen molar-refractivity contribution in [1.82, 2.24) is 5.32 Å². The molecule has 1 aliphatic heterocycles. The summed E-state index contributed by atoms with van der Waals surface area (Å²) in [6.07, 6.45) is 7.64. The molecule has 0 saturated heterocycles. The maximum Gasteiger partial charge on any atom is 0.253 e. The van der Waals surface area contributed by atoms with E-state index >= 15 is 0 Å². The van der Waals surface area contributed by atoms with Crippen molar-refractivity contribution in [1.29, 1.82) is 0 Å². The van der Waals surface area contributed by atoms with Gasteiger partial charge in [0.25, 0.3) is 5.91 Å². The Morgan fingerprint density at radius 1 is 1.12 bits per heavy atom. The van der Waals surface area contributed by atoms with E-state index in [-0.39, 0.29) is 17.9 Å². The van der Waals surface area contributed by atoms with Crippen molar-refractivity contribution in [3.8, 4) is 5.75 Å². The standard InChI is InChI=1S/C28H30N2O2/c1-3-4-17-29-28(31)23-14-8-12-21-20-11-7-13-22(20)27(30-26(21)23)25-19-10-6-5-9-18(19)15-16-24(25)32-2/h5-12,14-16,20,22,27,30H,3-4,13,17H2,1-2H3,(H,29,31). The molecule has 3 aromatic rings. The lowest BCUT2D eigenvalue weighted by Gasteiger charge is -2.39. The second-order valence-corrected chi connectivity index (χ2v) is 8.76. The fourth-order valence-corrected chi connectivity index (χ4v) is 5.34. The summed E-state index contributed by atoms with van der Waals surface area (Å²) in [5.74, 6) is 1.54. The average Bonchev–Trinajstić information content (AvgIpc) is 3.33. The van der Waals surface area contributed by atoms with Gasteiger partial charge in [0.15, 0.2) is 0 Å². The molecule has 1 amide bonds. The zero-order valence-corrected chi connectivity index (χ0v) is 18.7. The Kier molecular flexibility index (Phi) is 5.60. The van der Waals surface area contributed by atoms with Gasteiger partial charge in [-0.2, -0.15) is 0 Å². The van der Waals surface area contributed by atoms with Crippen LogP contribution in [0.5, 0.6) is 5.75 Å². The molecule has 2 N–H and O–H groups in total. The highest BCUT2D eigenvalue weighted by atomic mass is 16.5.